The molecule has 0 fully saturated rings. The maximum absolute atomic E-state index is 12.6. The Morgan fingerprint density at radius 1 is 1.17 bits per heavy atom. The number of ether oxygens (including phenoxy) is 2. The minimum atomic E-state index is -3.02. The van der Waals surface area contributed by atoms with Gasteiger partial charge in [0.05, 0.1) is 34.0 Å². The van der Waals surface area contributed by atoms with Crippen LogP contribution in [-0.2, 0) is 11.3 Å². The summed E-state index contributed by atoms with van der Waals surface area (Å²) in [5, 5.41) is 10.2. The van der Waals surface area contributed by atoms with Gasteiger partial charge in [0.15, 0.2) is 0 Å². The number of aryl methyl sites for hydroxylation is 1. The average molecular weight is 517 g/mol. The van der Waals surface area contributed by atoms with Gasteiger partial charge in [-0.3, -0.25) is 0 Å². The maximum atomic E-state index is 12.6. The van der Waals surface area contributed by atoms with Crippen molar-refractivity contribution >= 4 is 44.8 Å². The predicted octanol–water partition coefficient (Wildman–Crippen LogP) is 6.23. The molecule has 0 atom stereocenters. The zero-order valence-corrected chi connectivity index (χ0v) is 20.6. The first-order chi connectivity index (χ1) is 16.9. The predicted molar refractivity (Wildman–Crippen MR) is 129 cm³/mol. The summed E-state index contributed by atoms with van der Waals surface area (Å²) in [4.78, 5) is 38.0. The van der Waals surface area contributed by atoms with Crippen molar-refractivity contribution < 1.29 is 33.0 Å². The number of nitrogens with zero attached hydrogens (tertiary/aromatic N) is 4. The Balaban J connectivity index is 1.75. The molecule has 0 saturated carbocycles. The Morgan fingerprint density at radius 3 is 2.58 bits per heavy atom. The Morgan fingerprint density at radius 2 is 1.92 bits per heavy atom. The molecule has 2 aromatic heterocycles. The molecule has 36 heavy (non-hydrogen) atoms. The van der Waals surface area contributed by atoms with E-state index in [1.54, 1.807) is 45.0 Å². The minimum Gasteiger partial charge on any atom is -0.465 e. The van der Waals surface area contributed by atoms with E-state index in [1.165, 1.54) is 11.3 Å². The number of fused-ring (bicyclic) bond motifs is 2. The van der Waals surface area contributed by atoms with Gasteiger partial charge < -0.3 is 14.6 Å². The van der Waals surface area contributed by atoms with Crippen LogP contribution in [0.15, 0.2) is 36.5 Å². The molecule has 188 valence electrons. The summed E-state index contributed by atoms with van der Waals surface area (Å²) in [6, 6.07) is 8.77. The molecule has 2 heterocycles. The second kappa shape index (κ2) is 9.61. The van der Waals surface area contributed by atoms with Crippen molar-refractivity contribution in [3.63, 3.8) is 0 Å². The molecule has 0 unspecified atom stereocenters. The number of imide groups is 1. The second-order valence-electron chi connectivity index (χ2n) is 8.90. The van der Waals surface area contributed by atoms with E-state index in [0.717, 1.165) is 11.8 Å². The van der Waals surface area contributed by atoms with Crippen LogP contribution in [0, 0.1) is 6.92 Å². The lowest BCUT2D eigenvalue weighted by atomic mass is 10.1. The van der Waals surface area contributed by atoms with Crippen LogP contribution in [0.4, 0.5) is 18.4 Å². The number of carbonyl (C=O) groups is 2. The highest BCUT2D eigenvalue weighted by Gasteiger charge is 2.28. The molecule has 0 aliphatic carbocycles. The lowest BCUT2D eigenvalue weighted by Crippen LogP contribution is -2.39. The van der Waals surface area contributed by atoms with Crippen LogP contribution in [0.2, 0.25) is 0 Å². The van der Waals surface area contributed by atoms with E-state index in [2.05, 4.69) is 19.7 Å². The van der Waals surface area contributed by atoms with E-state index < -0.39 is 24.4 Å². The maximum Gasteiger partial charge on any atom is 0.420 e. The minimum absolute atomic E-state index is 0.230. The smallest absolute Gasteiger partial charge is 0.420 e. The van der Waals surface area contributed by atoms with Crippen molar-refractivity contribution in [2.75, 3.05) is 0 Å². The van der Waals surface area contributed by atoms with Gasteiger partial charge in [-0.05, 0) is 57.0 Å². The van der Waals surface area contributed by atoms with Crippen LogP contribution in [-0.4, -0.2) is 49.4 Å². The van der Waals surface area contributed by atoms with Crippen molar-refractivity contribution in [1.82, 2.24) is 19.9 Å². The number of halogens is 2. The van der Waals surface area contributed by atoms with Crippen molar-refractivity contribution in [3.05, 3.63) is 47.7 Å². The van der Waals surface area contributed by atoms with E-state index >= 15 is 0 Å². The third-order valence-electron chi connectivity index (χ3n) is 4.88. The molecule has 4 aromatic rings. The monoisotopic (exact) mass is 516 g/mol. The quantitative estimate of drug-likeness (QED) is 0.332. The van der Waals surface area contributed by atoms with Gasteiger partial charge in [-0.1, -0.05) is 12.1 Å². The first-order valence-corrected chi connectivity index (χ1v) is 11.6. The number of rotatable bonds is 5. The van der Waals surface area contributed by atoms with Crippen LogP contribution < -0.4 is 4.74 Å². The molecule has 0 saturated heterocycles. The molecule has 0 radical (unpaired) electrons. The molecule has 0 bridgehead atoms. The summed E-state index contributed by atoms with van der Waals surface area (Å²) in [5.41, 5.74) is 2.57. The number of aromatic nitrogens is 3. The Kier molecular flexibility index (Phi) is 6.72. The van der Waals surface area contributed by atoms with Gasteiger partial charge >= 0.3 is 18.8 Å². The summed E-state index contributed by atoms with van der Waals surface area (Å²) >= 11 is 1.29. The topological polar surface area (TPSA) is 115 Å². The van der Waals surface area contributed by atoms with Gasteiger partial charge in [-0.2, -0.15) is 8.78 Å². The van der Waals surface area contributed by atoms with E-state index in [0.29, 0.717) is 42.3 Å². The molecule has 0 spiro atoms. The molecule has 1 N–H and O–H groups in total. The fourth-order valence-electron chi connectivity index (χ4n) is 3.50. The summed E-state index contributed by atoms with van der Waals surface area (Å²) in [5.74, 6) is -0.295. The van der Waals surface area contributed by atoms with Crippen LogP contribution in [0.3, 0.4) is 0 Å². The highest BCUT2D eigenvalue weighted by atomic mass is 32.1. The SMILES string of the molecule is Cc1cc(-c2nc3cccc(CN(C(=O)O)C(=O)OC(C)(C)C)c3s2)c2ncc(OC(F)F)nc2c1. The average Bonchev–Trinajstić information content (AvgIpc) is 3.19. The van der Waals surface area contributed by atoms with Crippen LogP contribution in [0.5, 0.6) is 5.88 Å². The van der Waals surface area contributed by atoms with Gasteiger partial charge in [-0.15, -0.1) is 11.3 Å². The fraction of sp³-hybridized carbons (Fsp3) is 0.292. The Hall–Kier alpha value is -3.93. The van der Waals surface area contributed by atoms with E-state index in [-0.39, 0.29) is 12.4 Å². The molecule has 0 aliphatic heterocycles. The number of hydrogen-bond donors (Lipinski definition) is 1. The molecular weight excluding hydrogens is 494 g/mol. The third kappa shape index (κ3) is 5.48. The summed E-state index contributed by atoms with van der Waals surface area (Å²) in [7, 11) is 0. The van der Waals surface area contributed by atoms with Crippen molar-refractivity contribution in [2.45, 2.75) is 46.5 Å². The third-order valence-corrected chi connectivity index (χ3v) is 6.06. The highest BCUT2D eigenvalue weighted by Crippen LogP contribution is 2.36. The molecule has 2 aromatic carbocycles. The Labute approximate surface area is 208 Å². The number of hydrogen-bond acceptors (Lipinski definition) is 8. The summed E-state index contributed by atoms with van der Waals surface area (Å²) < 4.78 is 35.5. The van der Waals surface area contributed by atoms with E-state index in [9.17, 15) is 23.5 Å². The largest absolute Gasteiger partial charge is 0.465 e. The molecule has 9 nitrogen and oxygen atoms in total. The first kappa shape index (κ1) is 25.2. The summed E-state index contributed by atoms with van der Waals surface area (Å²) in [6.45, 7) is 3.53. The van der Waals surface area contributed by atoms with Gasteiger partial charge in [0, 0.05) is 5.56 Å². The van der Waals surface area contributed by atoms with Crippen molar-refractivity contribution in [3.8, 4) is 16.5 Å². The number of thiazole rings is 1. The van der Waals surface area contributed by atoms with Crippen molar-refractivity contribution in [1.29, 1.82) is 0 Å². The van der Waals surface area contributed by atoms with Gasteiger partial charge in [0.2, 0.25) is 5.88 Å². The van der Waals surface area contributed by atoms with Gasteiger partial charge in [-0.25, -0.2) is 29.4 Å². The molecule has 2 amide bonds. The normalized spacial score (nSPS) is 11.8. The van der Waals surface area contributed by atoms with Crippen LogP contribution >= 0.6 is 11.3 Å². The molecule has 4 rings (SSSR count). The second-order valence-corrected chi connectivity index (χ2v) is 9.90. The highest BCUT2D eigenvalue weighted by molar-refractivity contribution is 7.22. The number of carboxylic acid groups (broad SMARTS) is 1. The van der Waals surface area contributed by atoms with Gasteiger partial charge in [0.1, 0.15) is 10.6 Å². The van der Waals surface area contributed by atoms with Crippen LogP contribution in [0.1, 0.15) is 31.9 Å². The number of alkyl halides is 2. The van der Waals surface area contributed by atoms with Crippen molar-refractivity contribution in [2.24, 2.45) is 0 Å². The van der Waals surface area contributed by atoms with E-state index in [1.807, 2.05) is 13.0 Å². The molecule has 0 aliphatic rings. The van der Waals surface area contributed by atoms with Gasteiger partial charge in [0.25, 0.3) is 0 Å². The standard InChI is InChI=1S/C24H22F2N4O5S/c1-12-8-14(18-16(9-12)28-17(10-27-18)34-21(25)26)20-29-15-7-5-6-13(19(15)36-20)11-30(22(31)32)23(33)35-24(2,3)4/h5-10,21H,11H2,1-4H3,(H,31,32). The zero-order valence-electron chi connectivity index (χ0n) is 19.8. The summed E-state index contributed by atoms with van der Waals surface area (Å²) in [6.07, 6.45) is -1.29. The van der Waals surface area contributed by atoms with Crippen LogP contribution in [0.25, 0.3) is 31.8 Å². The Bertz CT molecular complexity index is 1470. The lowest BCUT2D eigenvalue weighted by molar-refractivity contribution is -0.0528. The number of amides is 2. The lowest BCUT2D eigenvalue weighted by Gasteiger charge is -2.24. The molecule has 12 heteroatoms. The number of benzene rings is 2. The zero-order chi connectivity index (χ0) is 26.2. The first-order valence-electron chi connectivity index (χ1n) is 10.8. The molecular formula is C24H22F2N4O5S. The fourth-order valence-corrected chi connectivity index (χ4v) is 4.59. The number of carbonyl (C=O) groups excluding carboxylic acids is 1. The van der Waals surface area contributed by atoms with E-state index in [4.69, 9.17) is 4.74 Å².